The minimum Gasteiger partial charge on any atom is -0.356 e. The number of piperidine rings is 1. The maximum atomic E-state index is 14.1. The van der Waals surface area contributed by atoms with Gasteiger partial charge in [0.1, 0.15) is 0 Å². The van der Waals surface area contributed by atoms with Crippen molar-refractivity contribution in [3.63, 3.8) is 0 Å². The maximum Gasteiger partial charge on any atom is 0.260 e. The van der Waals surface area contributed by atoms with E-state index < -0.39 is 5.67 Å². The number of carbonyl (C=O) groups excluding carboxylic acids is 2. The van der Waals surface area contributed by atoms with Crippen LogP contribution in [0.3, 0.4) is 0 Å². The summed E-state index contributed by atoms with van der Waals surface area (Å²) in [5, 5.41) is 3.06. The van der Waals surface area contributed by atoms with Gasteiger partial charge in [-0.05, 0) is 38.0 Å². The van der Waals surface area contributed by atoms with Crippen molar-refractivity contribution in [2.24, 2.45) is 16.7 Å². The number of halogens is 1. The van der Waals surface area contributed by atoms with Gasteiger partial charge in [-0.15, -0.1) is 0 Å². The van der Waals surface area contributed by atoms with Gasteiger partial charge in [0.2, 0.25) is 5.91 Å². The average molecular weight is 351 g/mol. The maximum absolute atomic E-state index is 14.1. The zero-order valence-electron chi connectivity index (χ0n) is 15.4. The molecule has 3 heterocycles. The molecule has 4 fully saturated rings. The molecule has 2 amide bonds. The van der Waals surface area contributed by atoms with Crippen LogP contribution in [-0.4, -0.2) is 66.6 Å². The van der Waals surface area contributed by atoms with Gasteiger partial charge in [0, 0.05) is 44.7 Å². The first kappa shape index (κ1) is 17.3. The average Bonchev–Trinajstić information content (AvgIpc) is 3.11. The summed E-state index contributed by atoms with van der Waals surface area (Å²) in [6, 6.07) is 0. The van der Waals surface area contributed by atoms with Crippen LogP contribution in [0.15, 0.2) is 0 Å². The van der Waals surface area contributed by atoms with E-state index in [1.807, 2.05) is 0 Å². The van der Waals surface area contributed by atoms with Crippen LogP contribution in [0.1, 0.15) is 46.0 Å². The number of nitrogens with one attached hydrogen (secondary N) is 1. The highest BCUT2D eigenvalue weighted by Gasteiger charge is 2.64. The SMILES string of the molecule is CC(C)CN1CC2(CCN(C(=O)C3(F)CC3)CC2)C2(CCNC2=O)C1. The van der Waals surface area contributed by atoms with E-state index in [4.69, 9.17) is 0 Å². The molecule has 3 saturated heterocycles. The molecule has 0 bridgehead atoms. The summed E-state index contributed by atoms with van der Waals surface area (Å²) in [5.74, 6) is 0.451. The normalized spacial score (nSPS) is 33.4. The van der Waals surface area contributed by atoms with Crippen LogP contribution in [0.2, 0.25) is 0 Å². The zero-order valence-corrected chi connectivity index (χ0v) is 15.4. The van der Waals surface area contributed by atoms with Crippen LogP contribution >= 0.6 is 0 Å². The Labute approximate surface area is 149 Å². The van der Waals surface area contributed by atoms with Gasteiger partial charge in [0.05, 0.1) is 5.41 Å². The number of nitrogens with zero attached hydrogens (tertiary/aromatic N) is 2. The fraction of sp³-hybridized carbons (Fsp3) is 0.895. The van der Waals surface area contributed by atoms with E-state index in [1.165, 1.54) is 0 Å². The summed E-state index contributed by atoms with van der Waals surface area (Å²) < 4.78 is 14.1. The molecule has 0 aromatic rings. The summed E-state index contributed by atoms with van der Waals surface area (Å²) >= 11 is 0. The summed E-state index contributed by atoms with van der Waals surface area (Å²) in [6.45, 7) is 9.14. The van der Waals surface area contributed by atoms with Crippen molar-refractivity contribution in [1.29, 1.82) is 0 Å². The lowest BCUT2D eigenvalue weighted by molar-refractivity contribution is -0.143. The zero-order chi connectivity index (χ0) is 17.9. The fourth-order valence-electron chi connectivity index (χ4n) is 5.54. The fourth-order valence-corrected chi connectivity index (χ4v) is 5.54. The van der Waals surface area contributed by atoms with Crippen LogP contribution < -0.4 is 5.32 Å². The predicted octanol–water partition coefficient (Wildman–Crippen LogP) is 1.58. The molecule has 25 heavy (non-hydrogen) atoms. The largest absolute Gasteiger partial charge is 0.356 e. The van der Waals surface area contributed by atoms with Gasteiger partial charge in [0.25, 0.3) is 5.91 Å². The van der Waals surface area contributed by atoms with Gasteiger partial charge in [-0.25, -0.2) is 4.39 Å². The molecule has 0 radical (unpaired) electrons. The number of fused-ring (bicyclic) bond motifs is 1. The molecule has 5 nitrogen and oxygen atoms in total. The van der Waals surface area contributed by atoms with E-state index in [9.17, 15) is 14.0 Å². The number of alkyl halides is 1. The molecular weight excluding hydrogens is 321 g/mol. The Morgan fingerprint density at radius 3 is 2.36 bits per heavy atom. The third kappa shape index (κ3) is 2.59. The van der Waals surface area contributed by atoms with Gasteiger partial charge in [-0.2, -0.15) is 0 Å². The van der Waals surface area contributed by atoms with Crippen molar-refractivity contribution in [3.05, 3.63) is 0 Å². The lowest BCUT2D eigenvalue weighted by Gasteiger charge is -2.47. The Balaban J connectivity index is 1.53. The Hall–Kier alpha value is -1.17. The van der Waals surface area contributed by atoms with Crippen molar-refractivity contribution >= 4 is 11.8 Å². The lowest BCUT2D eigenvalue weighted by Crippen LogP contribution is -2.54. The van der Waals surface area contributed by atoms with Crippen LogP contribution in [0.4, 0.5) is 4.39 Å². The number of carbonyl (C=O) groups is 2. The van der Waals surface area contributed by atoms with E-state index in [2.05, 4.69) is 24.1 Å². The number of amides is 2. The van der Waals surface area contributed by atoms with Gasteiger partial charge >= 0.3 is 0 Å². The number of rotatable bonds is 3. The minimum atomic E-state index is -1.58. The first-order chi connectivity index (χ1) is 11.8. The second-order valence-corrected chi connectivity index (χ2v) is 9.19. The molecule has 140 valence electrons. The summed E-state index contributed by atoms with van der Waals surface area (Å²) in [5.41, 5.74) is -1.96. The highest BCUT2D eigenvalue weighted by atomic mass is 19.1. The van der Waals surface area contributed by atoms with E-state index in [1.54, 1.807) is 4.90 Å². The molecule has 0 aromatic heterocycles. The molecule has 4 aliphatic rings. The molecule has 2 spiro atoms. The van der Waals surface area contributed by atoms with E-state index in [-0.39, 0.29) is 22.6 Å². The Bertz CT molecular complexity index is 581. The molecule has 1 saturated carbocycles. The van der Waals surface area contributed by atoms with Gasteiger partial charge in [0.15, 0.2) is 5.67 Å². The highest BCUT2D eigenvalue weighted by molar-refractivity contribution is 5.88. The molecule has 3 aliphatic heterocycles. The van der Waals surface area contributed by atoms with Gasteiger partial charge < -0.3 is 15.1 Å². The Morgan fingerprint density at radius 2 is 1.84 bits per heavy atom. The third-order valence-electron chi connectivity index (χ3n) is 7.01. The minimum absolute atomic E-state index is 0.0632. The predicted molar refractivity (Wildman–Crippen MR) is 92.7 cm³/mol. The van der Waals surface area contributed by atoms with E-state index >= 15 is 0 Å². The van der Waals surface area contributed by atoms with Gasteiger partial charge in [-0.1, -0.05) is 13.8 Å². The lowest BCUT2D eigenvalue weighted by atomic mass is 9.60. The number of hydrogen-bond acceptors (Lipinski definition) is 3. The second-order valence-electron chi connectivity index (χ2n) is 9.19. The number of hydrogen-bond donors (Lipinski definition) is 1. The molecule has 1 unspecified atom stereocenters. The van der Waals surface area contributed by atoms with E-state index in [0.29, 0.717) is 31.8 Å². The quantitative estimate of drug-likeness (QED) is 0.840. The highest BCUT2D eigenvalue weighted by Crippen LogP contribution is 2.56. The monoisotopic (exact) mass is 351 g/mol. The Morgan fingerprint density at radius 1 is 1.16 bits per heavy atom. The van der Waals surface area contributed by atoms with Crippen molar-refractivity contribution in [2.45, 2.75) is 51.6 Å². The Kier molecular flexibility index (Phi) is 3.91. The van der Waals surface area contributed by atoms with Crippen LogP contribution in [0.25, 0.3) is 0 Å². The molecule has 6 heteroatoms. The van der Waals surface area contributed by atoms with Crippen molar-refractivity contribution in [3.8, 4) is 0 Å². The van der Waals surface area contributed by atoms with E-state index in [0.717, 1.165) is 45.4 Å². The van der Waals surface area contributed by atoms with Crippen LogP contribution in [0.5, 0.6) is 0 Å². The summed E-state index contributed by atoms with van der Waals surface area (Å²) in [6.07, 6.45) is 3.28. The molecule has 0 aromatic carbocycles. The van der Waals surface area contributed by atoms with Crippen molar-refractivity contribution < 1.29 is 14.0 Å². The van der Waals surface area contributed by atoms with Crippen LogP contribution in [0, 0.1) is 16.7 Å². The number of likely N-dealkylation sites (tertiary alicyclic amines) is 2. The molecule has 1 atom stereocenters. The van der Waals surface area contributed by atoms with Crippen molar-refractivity contribution in [2.75, 3.05) is 39.3 Å². The topological polar surface area (TPSA) is 52.6 Å². The summed E-state index contributed by atoms with van der Waals surface area (Å²) in [7, 11) is 0. The van der Waals surface area contributed by atoms with Gasteiger partial charge in [-0.3, -0.25) is 9.59 Å². The molecule has 1 aliphatic carbocycles. The molecule has 4 rings (SSSR count). The van der Waals surface area contributed by atoms with Crippen LogP contribution in [-0.2, 0) is 9.59 Å². The smallest absolute Gasteiger partial charge is 0.260 e. The third-order valence-corrected chi connectivity index (χ3v) is 7.01. The first-order valence-electron chi connectivity index (χ1n) is 9.79. The molecular formula is C19H30FN3O2. The summed E-state index contributed by atoms with van der Waals surface area (Å²) in [4.78, 5) is 29.3. The second kappa shape index (κ2) is 5.66. The first-order valence-corrected chi connectivity index (χ1v) is 9.79. The standard InChI is InChI=1S/C19H30FN3O2/c1-14(2)11-22-12-17(18(13-22)5-8-21-15(18)24)6-9-23(10-7-17)16(25)19(20)3-4-19/h14H,3-13H2,1-2H3,(H,21,24). The molecule has 1 N–H and O–H groups in total. The van der Waals surface area contributed by atoms with Crippen molar-refractivity contribution in [1.82, 2.24) is 15.1 Å².